The van der Waals surface area contributed by atoms with E-state index < -0.39 is 16.0 Å². The Hall–Kier alpha value is -1.61. The summed E-state index contributed by atoms with van der Waals surface area (Å²) in [6.45, 7) is 3.41. The number of halogens is 1. The molecule has 0 saturated heterocycles. The van der Waals surface area contributed by atoms with Crippen LogP contribution in [0.4, 0.5) is 5.69 Å². The molecule has 0 spiro atoms. The number of aromatic carboxylic acids is 1. The highest BCUT2D eigenvalue weighted by molar-refractivity contribution is 14.1. The van der Waals surface area contributed by atoms with E-state index in [1.165, 1.54) is 18.2 Å². The molecule has 0 radical (unpaired) electrons. The molecule has 2 aromatic carbocycles. The minimum Gasteiger partial charge on any atom is -0.478 e. The lowest BCUT2D eigenvalue weighted by Crippen LogP contribution is -2.15. The maximum Gasteiger partial charge on any atom is 0.335 e. The van der Waals surface area contributed by atoms with Crippen LogP contribution in [0.25, 0.3) is 0 Å². The minimum atomic E-state index is -3.77. The molecule has 0 aliphatic carbocycles. The van der Waals surface area contributed by atoms with Gasteiger partial charge in [-0.2, -0.15) is 0 Å². The molecule has 2 N–H and O–H groups in total. The summed E-state index contributed by atoms with van der Waals surface area (Å²) >= 11 is 2.13. The number of carboxylic acids is 1. The molecule has 2 aromatic rings. The van der Waals surface area contributed by atoms with Gasteiger partial charge in [0.15, 0.2) is 0 Å². The Morgan fingerprint density at radius 2 is 1.86 bits per heavy atom. The van der Waals surface area contributed by atoms with Gasteiger partial charge in [-0.25, -0.2) is 13.2 Å². The zero-order valence-corrected chi connectivity index (χ0v) is 14.9. The largest absolute Gasteiger partial charge is 0.478 e. The van der Waals surface area contributed by atoms with Crippen molar-refractivity contribution < 1.29 is 18.3 Å². The summed E-state index contributed by atoms with van der Waals surface area (Å²) in [4.78, 5) is 11.0. The zero-order valence-electron chi connectivity index (χ0n) is 11.9. The monoisotopic (exact) mass is 431 g/mol. The second-order valence-corrected chi connectivity index (χ2v) is 7.62. The highest BCUT2D eigenvalue weighted by Crippen LogP contribution is 2.25. The van der Waals surface area contributed by atoms with Gasteiger partial charge in [0.25, 0.3) is 10.0 Å². The average molecular weight is 431 g/mol. The van der Waals surface area contributed by atoms with E-state index in [-0.39, 0.29) is 10.5 Å². The third-order valence-corrected chi connectivity index (χ3v) is 5.92. The van der Waals surface area contributed by atoms with E-state index in [2.05, 4.69) is 27.3 Å². The van der Waals surface area contributed by atoms with Gasteiger partial charge in [-0.3, -0.25) is 4.72 Å². The van der Waals surface area contributed by atoms with E-state index in [0.717, 1.165) is 9.13 Å². The van der Waals surface area contributed by atoms with Crippen molar-refractivity contribution >= 4 is 44.3 Å². The van der Waals surface area contributed by atoms with Crippen LogP contribution in [-0.4, -0.2) is 19.5 Å². The summed E-state index contributed by atoms with van der Waals surface area (Å²) in [5.74, 6) is -1.09. The Morgan fingerprint density at radius 3 is 2.45 bits per heavy atom. The Morgan fingerprint density at radius 1 is 1.18 bits per heavy atom. The smallest absolute Gasteiger partial charge is 0.335 e. The standard InChI is InChI=1S/C15H14INO4S/c1-9-8-11(15(18)19)6-7-14(9)22(20,21)17-13-5-3-4-12(16)10(13)2/h3-8,17H,1-2H3,(H,18,19). The van der Waals surface area contributed by atoms with Gasteiger partial charge in [-0.15, -0.1) is 0 Å². The fraction of sp³-hybridized carbons (Fsp3) is 0.133. The summed E-state index contributed by atoms with van der Waals surface area (Å²) in [5, 5.41) is 8.94. The number of benzene rings is 2. The van der Waals surface area contributed by atoms with Gasteiger partial charge in [-0.1, -0.05) is 6.07 Å². The SMILES string of the molecule is Cc1cc(C(=O)O)ccc1S(=O)(=O)Nc1cccc(I)c1C. The van der Waals surface area contributed by atoms with Crippen LogP contribution in [0.15, 0.2) is 41.3 Å². The van der Waals surface area contributed by atoms with Crippen molar-refractivity contribution in [3.8, 4) is 0 Å². The van der Waals surface area contributed by atoms with Gasteiger partial charge in [0, 0.05) is 3.57 Å². The molecular formula is C15H14INO4S. The predicted molar refractivity (Wildman–Crippen MR) is 92.8 cm³/mol. The number of hydrogen-bond acceptors (Lipinski definition) is 3. The second-order valence-electron chi connectivity index (χ2n) is 4.80. The first kappa shape index (κ1) is 16.8. The summed E-state index contributed by atoms with van der Waals surface area (Å²) in [6.07, 6.45) is 0. The molecule has 2 rings (SSSR count). The van der Waals surface area contributed by atoms with Gasteiger partial charge in [-0.05, 0) is 77.9 Å². The molecule has 0 bridgehead atoms. The molecule has 0 saturated carbocycles. The summed E-state index contributed by atoms with van der Waals surface area (Å²) in [5.41, 5.74) is 1.79. The molecule has 7 heteroatoms. The Kier molecular flexibility index (Phi) is 4.76. The van der Waals surface area contributed by atoms with Crippen LogP contribution in [0, 0.1) is 17.4 Å². The number of aryl methyl sites for hydroxylation is 1. The van der Waals surface area contributed by atoms with Gasteiger partial charge in [0.2, 0.25) is 0 Å². The van der Waals surface area contributed by atoms with Crippen LogP contribution in [-0.2, 0) is 10.0 Å². The number of carbonyl (C=O) groups is 1. The molecule has 0 aromatic heterocycles. The number of anilines is 1. The molecule has 22 heavy (non-hydrogen) atoms. The quantitative estimate of drug-likeness (QED) is 0.727. The normalized spacial score (nSPS) is 11.2. The molecule has 5 nitrogen and oxygen atoms in total. The first-order valence-corrected chi connectivity index (χ1v) is 8.90. The Balaban J connectivity index is 2.43. The summed E-state index contributed by atoms with van der Waals surface area (Å²) < 4.78 is 28.5. The molecular weight excluding hydrogens is 417 g/mol. The molecule has 0 amide bonds. The number of hydrogen-bond donors (Lipinski definition) is 2. The number of sulfonamides is 1. The van der Waals surface area contributed by atoms with E-state index in [0.29, 0.717) is 11.3 Å². The van der Waals surface area contributed by atoms with Gasteiger partial charge >= 0.3 is 5.97 Å². The molecule has 0 fully saturated rings. The number of nitrogens with one attached hydrogen (secondary N) is 1. The predicted octanol–water partition coefficient (Wildman–Crippen LogP) is 3.41. The first-order chi connectivity index (χ1) is 10.2. The summed E-state index contributed by atoms with van der Waals surface area (Å²) in [6, 6.07) is 9.29. The topological polar surface area (TPSA) is 83.5 Å². The van der Waals surface area contributed by atoms with Crippen LogP contribution in [0.5, 0.6) is 0 Å². The van der Waals surface area contributed by atoms with Crippen LogP contribution < -0.4 is 4.72 Å². The highest BCUT2D eigenvalue weighted by atomic mass is 127. The molecule has 116 valence electrons. The fourth-order valence-electron chi connectivity index (χ4n) is 2.00. The maximum atomic E-state index is 12.5. The van der Waals surface area contributed by atoms with E-state index in [1.54, 1.807) is 19.1 Å². The Bertz CT molecular complexity index is 847. The maximum absolute atomic E-state index is 12.5. The van der Waals surface area contributed by atoms with Crippen LogP contribution >= 0.6 is 22.6 Å². The molecule has 0 aliphatic rings. The zero-order chi connectivity index (χ0) is 16.5. The van der Waals surface area contributed by atoms with Crippen molar-refractivity contribution in [2.45, 2.75) is 18.7 Å². The molecule has 0 aliphatic heterocycles. The lowest BCUT2D eigenvalue weighted by Gasteiger charge is -2.13. The first-order valence-electron chi connectivity index (χ1n) is 6.34. The summed E-state index contributed by atoms with van der Waals surface area (Å²) in [7, 11) is -3.77. The average Bonchev–Trinajstić information content (AvgIpc) is 2.43. The van der Waals surface area contributed by atoms with Gasteiger partial charge in [0.05, 0.1) is 16.1 Å². The third kappa shape index (κ3) is 3.41. The van der Waals surface area contributed by atoms with Crippen molar-refractivity contribution in [1.82, 2.24) is 0 Å². The minimum absolute atomic E-state index is 0.0573. The van der Waals surface area contributed by atoms with Gasteiger partial charge in [0.1, 0.15) is 0 Å². The van der Waals surface area contributed by atoms with Crippen molar-refractivity contribution in [1.29, 1.82) is 0 Å². The molecule has 0 unspecified atom stereocenters. The highest BCUT2D eigenvalue weighted by Gasteiger charge is 2.19. The van der Waals surface area contributed by atoms with Crippen molar-refractivity contribution in [3.05, 3.63) is 56.7 Å². The van der Waals surface area contributed by atoms with Crippen molar-refractivity contribution in [2.24, 2.45) is 0 Å². The van der Waals surface area contributed by atoms with Crippen LogP contribution in [0.2, 0.25) is 0 Å². The lowest BCUT2D eigenvalue weighted by atomic mass is 10.1. The fourth-order valence-corrected chi connectivity index (χ4v) is 3.85. The van der Waals surface area contributed by atoms with E-state index >= 15 is 0 Å². The number of rotatable bonds is 4. The molecule has 0 atom stereocenters. The Labute approximate surface area is 142 Å². The lowest BCUT2D eigenvalue weighted by molar-refractivity contribution is 0.0696. The van der Waals surface area contributed by atoms with E-state index in [1.807, 2.05) is 13.0 Å². The van der Waals surface area contributed by atoms with Crippen LogP contribution in [0.3, 0.4) is 0 Å². The van der Waals surface area contributed by atoms with E-state index in [9.17, 15) is 13.2 Å². The van der Waals surface area contributed by atoms with Gasteiger partial charge < -0.3 is 5.11 Å². The van der Waals surface area contributed by atoms with Crippen molar-refractivity contribution in [3.63, 3.8) is 0 Å². The van der Waals surface area contributed by atoms with Crippen molar-refractivity contribution in [2.75, 3.05) is 4.72 Å². The molecule has 0 heterocycles. The third-order valence-electron chi connectivity index (χ3n) is 3.22. The van der Waals surface area contributed by atoms with E-state index in [4.69, 9.17) is 5.11 Å². The second kappa shape index (κ2) is 6.25. The number of carboxylic acid groups (broad SMARTS) is 1. The van der Waals surface area contributed by atoms with Crippen LogP contribution in [0.1, 0.15) is 21.5 Å².